The molecule has 1 aliphatic rings. The molecule has 248 valence electrons. The number of hydrogen-bond donors (Lipinski definition) is 2. The number of nitrogens with two attached hydrogens (primary N) is 1. The van der Waals surface area contributed by atoms with Gasteiger partial charge in [-0.25, -0.2) is 8.42 Å². The molecule has 3 amide bonds. The zero-order valence-corrected chi connectivity index (χ0v) is 26.6. The molecule has 1 heterocycles. The van der Waals surface area contributed by atoms with Crippen molar-refractivity contribution in [3.63, 3.8) is 0 Å². The van der Waals surface area contributed by atoms with Crippen LogP contribution in [0.25, 0.3) is 0 Å². The molecule has 3 N–H and O–H groups in total. The van der Waals surface area contributed by atoms with E-state index in [1.54, 1.807) is 25.1 Å². The Kier molecular flexibility index (Phi) is 14.2. The monoisotopic (exact) mass is 651 g/mol. The topological polar surface area (TPSA) is 182 Å². The van der Waals surface area contributed by atoms with E-state index in [4.69, 9.17) is 34.2 Å². The number of ether oxygens (including phenoxy) is 6. The molecule has 45 heavy (non-hydrogen) atoms. The molecular formula is C30H41N3O11S. The summed E-state index contributed by atoms with van der Waals surface area (Å²) in [5.41, 5.74) is 5.80. The molecule has 0 saturated heterocycles. The summed E-state index contributed by atoms with van der Waals surface area (Å²) >= 11 is 0. The van der Waals surface area contributed by atoms with Crippen LogP contribution in [0.15, 0.2) is 36.4 Å². The lowest BCUT2D eigenvalue weighted by molar-refractivity contribution is -0.121. The lowest BCUT2D eigenvalue weighted by Crippen LogP contribution is -2.37. The van der Waals surface area contributed by atoms with Crippen molar-refractivity contribution in [2.45, 2.75) is 13.0 Å². The number of carbonyl (C=O) groups excluding carboxylic acids is 3. The van der Waals surface area contributed by atoms with E-state index in [2.05, 4.69) is 5.32 Å². The quantitative estimate of drug-likeness (QED) is 0.147. The Morgan fingerprint density at radius 1 is 0.911 bits per heavy atom. The molecule has 1 aliphatic heterocycles. The molecule has 0 aromatic heterocycles. The summed E-state index contributed by atoms with van der Waals surface area (Å²) in [6, 6.07) is 8.01. The number of hydrogen-bond acceptors (Lipinski definition) is 12. The number of nitrogens with zero attached hydrogens (tertiary/aromatic N) is 1. The summed E-state index contributed by atoms with van der Waals surface area (Å²) in [5, 5.41) is 2.62. The zero-order valence-electron chi connectivity index (χ0n) is 25.7. The van der Waals surface area contributed by atoms with E-state index >= 15 is 0 Å². The van der Waals surface area contributed by atoms with Gasteiger partial charge in [0.2, 0.25) is 5.91 Å². The first-order valence-electron chi connectivity index (χ1n) is 14.4. The second kappa shape index (κ2) is 17.8. The van der Waals surface area contributed by atoms with Gasteiger partial charge in [-0.15, -0.1) is 0 Å². The highest BCUT2D eigenvalue weighted by atomic mass is 32.2. The molecule has 14 nitrogen and oxygen atoms in total. The second-order valence-corrected chi connectivity index (χ2v) is 12.1. The Labute approximate surface area is 262 Å². The highest BCUT2D eigenvalue weighted by molar-refractivity contribution is 7.90. The smallest absolute Gasteiger partial charge is 0.264 e. The van der Waals surface area contributed by atoms with E-state index in [1.807, 2.05) is 0 Å². The van der Waals surface area contributed by atoms with Crippen LogP contribution in [0.4, 0.5) is 5.69 Å². The predicted octanol–water partition coefficient (Wildman–Crippen LogP) is 1.44. The van der Waals surface area contributed by atoms with E-state index in [0.717, 1.165) is 11.2 Å². The maximum Gasteiger partial charge on any atom is 0.264 e. The van der Waals surface area contributed by atoms with Crippen molar-refractivity contribution in [1.82, 2.24) is 4.90 Å². The molecule has 0 spiro atoms. The average Bonchev–Trinajstić information content (AvgIpc) is 3.26. The van der Waals surface area contributed by atoms with Gasteiger partial charge in [0.25, 0.3) is 11.8 Å². The minimum Gasteiger partial charge on any atom is -0.493 e. The van der Waals surface area contributed by atoms with Crippen molar-refractivity contribution in [3.8, 4) is 11.5 Å². The van der Waals surface area contributed by atoms with Gasteiger partial charge in [0.15, 0.2) is 11.5 Å². The fraction of sp³-hybridized carbons (Fsp3) is 0.500. The van der Waals surface area contributed by atoms with Crippen molar-refractivity contribution in [2.24, 2.45) is 5.73 Å². The van der Waals surface area contributed by atoms with E-state index in [0.29, 0.717) is 63.2 Å². The Hall–Kier alpha value is -3.60. The third-order valence-electron chi connectivity index (χ3n) is 6.48. The molecule has 0 saturated carbocycles. The Morgan fingerprint density at radius 3 is 2.16 bits per heavy atom. The van der Waals surface area contributed by atoms with Crippen LogP contribution in [0.5, 0.6) is 11.5 Å². The molecule has 15 heteroatoms. The molecule has 0 radical (unpaired) electrons. The van der Waals surface area contributed by atoms with Gasteiger partial charge < -0.3 is 39.5 Å². The maximum atomic E-state index is 13.7. The maximum absolute atomic E-state index is 13.7. The summed E-state index contributed by atoms with van der Waals surface area (Å²) in [6.07, 6.45) is 1.02. The van der Waals surface area contributed by atoms with Crippen LogP contribution in [-0.2, 0) is 33.6 Å². The number of rotatable bonds is 21. The molecule has 2 aromatic rings. The third-order valence-corrected chi connectivity index (χ3v) is 7.40. The lowest BCUT2D eigenvalue weighted by atomic mass is 10.1. The first kappa shape index (κ1) is 35.9. The number of imide groups is 1. The lowest BCUT2D eigenvalue weighted by Gasteiger charge is -2.27. The largest absolute Gasteiger partial charge is 0.493 e. The molecular weight excluding hydrogens is 610 g/mol. The standard InChI is InChI=1S/C30H41N3O11S/c1-4-44-26-18-21(8-9-25(26)39-2)24(20-45(3,37)38)33-29(35)22-6-5-7-23(28(22)30(33)36)32-27(34)19-43-17-16-42-15-14-41-13-12-40-11-10-31/h5-9,18,24H,4,10-17,19-20,31H2,1-3H3,(H,32,34)/t24-/m1/s1. The fourth-order valence-corrected chi connectivity index (χ4v) is 5.48. The van der Waals surface area contributed by atoms with Crippen LogP contribution in [-0.4, -0.2) is 116 Å². The van der Waals surface area contributed by atoms with Gasteiger partial charge in [-0.3, -0.25) is 19.3 Å². The SMILES string of the molecule is CCOc1cc([C@@H](CS(C)(=O)=O)N2C(=O)c3cccc(NC(=O)COCCOCCOCCOCCN)c3C2=O)ccc1OC. The molecule has 0 fully saturated rings. The van der Waals surface area contributed by atoms with Crippen molar-refractivity contribution in [2.75, 3.05) is 90.4 Å². The zero-order chi connectivity index (χ0) is 32.8. The summed E-state index contributed by atoms with van der Waals surface area (Å²) < 4.78 is 57.2. The second-order valence-electron chi connectivity index (χ2n) is 9.89. The van der Waals surface area contributed by atoms with E-state index in [1.165, 1.54) is 25.3 Å². The molecule has 0 unspecified atom stereocenters. The summed E-state index contributed by atoms with van der Waals surface area (Å²) in [7, 11) is -2.21. The van der Waals surface area contributed by atoms with Crippen LogP contribution < -0.4 is 20.5 Å². The first-order valence-corrected chi connectivity index (χ1v) is 16.5. The Bertz CT molecular complexity index is 1420. The number of amides is 3. The van der Waals surface area contributed by atoms with Gasteiger partial charge >= 0.3 is 0 Å². The fourth-order valence-electron chi connectivity index (χ4n) is 4.56. The van der Waals surface area contributed by atoms with Crippen molar-refractivity contribution >= 4 is 33.2 Å². The number of benzene rings is 2. The van der Waals surface area contributed by atoms with Gasteiger partial charge in [-0.05, 0) is 36.8 Å². The number of carbonyl (C=O) groups is 3. The molecule has 3 rings (SSSR count). The van der Waals surface area contributed by atoms with Crippen molar-refractivity contribution in [1.29, 1.82) is 0 Å². The highest BCUT2D eigenvalue weighted by Crippen LogP contribution is 2.38. The van der Waals surface area contributed by atoms with Crippen molar-refractivity contribution < 1.29 is 51.2 Å². The van der Waals surface area contributed by atoms with Gasteiger partial charge in [0, 0.05) is 12.8 Å². The Balaban J connectivity index is 1.63. The van der Waals surface area contributed by atoms with Gasteiger partial charge in [-0.2, -0.15) is 0 Å². The van der Waals surface area contributed by atoms with Crippen LogP contribution in [0.2, 0.25) is 0 Å². The third kappa shape index (κ3) is 10.5. The summed E-state index contributed by atoms with van der Waals surface area (Å²) in [6.45, 7) is 4.70. The number of methoxy groups -OCH3 is 1. The molecule has 0 bridgehead atoms. The Morgan fingerprint density at radius 2 is 1.56 bits per heavy atom. The van der Waals surface area contributed by atoms with Crippen LogP contribution in [0.3, 0.4) is 0 Å². The van der Waals surface area contributed by atoms with Crippen molar-refractivity contribution in [3.05, 3.63) is 53.1 Å². The van der Waals surface area contributed by atoms with Gasteiger partial charge in [-0.1, -0.05) is 12.1 Å². The minimum atomic E-state index is -3.67. The number of sulfone groups is 1. The van der Waals surface area contributed by atoms with Crippen LogP contribution in [0, 0.1) is 0 Å². The van der Waals surface area contributed by atoms with Gasteiger partial charge in [0.05, 0.1) is 88.6 Å². The normalized spacial score (nSPS) is 13.6. The average molecular weight is 652 g/mol. The van der Waals surface area contributed by atoms with E-state index in [9.17, 15) is 22.8 Å². The highest BCUT2D eigenvalue weighted by Gasteiger charge is 2.43. The predicted molar refractivity (Wildman–Crippen MR) is 165 cm³/mol. The van der Waals surface area contributed by atoms with E-state index < -0.39 is 39.4 Å². The van der Waals surface area contributed by atoms with Gasteiger partial charge in [0.1, 0.15) is 16.4 Å². The van der Waals surface area contributed by atoms with Crippen LogP contribution >= 0.6 is 0 Å². The molecule has 0 aliphatic carbocycles. The minimum absolute atomic E-state index is 0.0374. The molecule has 2 aromatic carbocycles. The molecule has 1 atom stereocenters. The summed E-state index contributed by atoms with van der Waals surface area (Å²) in [4.78, 5) is 40.9. The first-order chi connectivity index (χ1) is 21.6. The van der Waals surface area contributed by atoms with Crippen LogP contribution in [0.1, 0.15) is 39.2 Å². The van der Waals surface area contributed by atoms with E-state index in [-0.39, 0.29) is 36.6 Å². The number of fused-ring (bicyclic) bond motifs is 1. The number of nitrogens with one attached hydrogen (secondary N) is 1. The summed E-state index contributed by atoms with van der Waals surface area (Å²) in [5.74, 6) is -1.75. The number of anilines is 1.